The quantitative estimate of drug-likeness (QED) is 0.801. The number of amides is 2. The Balaban J connectivity index is 1.75. The summed E-state index contributed by atoms with van der Waals surface area (Å²) in [6.45, 7) is 1.79. The largest absolute Gasteiger partial charge is 0.383 e. The number of aromatic nitrogens is 2. The van der Waals surface area contributed by atoms with E-state index in [1.54, 1.807) is 13.2 Å². The first-order valence-corrected chi connectivity index (χ1v) is 7.58. The van der Waals surface area contributed by atoms with Gasteiger partial charge in [0.15, 0.2) is 0 Å². The van der Waals surface area contributed by atoms with E-state index in [0.717, 1.165) is 12.8 Å². The first kappa shape index (κ1) is 14.9. The zero-order chi connectivity index (χ0) is 15.5. The molecule has 3 heterocycles. The average molecular weight is 304 g/mol. The van der Waals surface area contributed by atoms with Crippen LogP contribution < -0.4 is 0 Å². The molecular weight excluding hydrogens is 284 g/mol. The summed E-state index contributed by atoms with van der Waals surface area (Å²) in [5, 5.41) is 7.47. The lowest BCUT2D eigenvalue weighted by molar-refractivity contribution is -0.138. The highest BCUT2D eigenvalue weighted by Crippen LogP contribution is 2.32. The highest BCUT2D eigenvalue weighted by Gasteiger charge is 2.44. The number of carbonyl (C=O) groups excluding carboxylic acids is 2. The molecule has 0 unspecified atom stereocenters. The van der Waals surface area contributed by atoms with E-state index in [2.05, 4.69) is 10.2 Å². The Labute approximate surface area is 129 Å². The van der Waals surface area contributed by atoms with E-state index in [1.807, 2.05) is 9.80 Å². The molecule has 1 aromatic heterocycles. The Hall–Kier alpha value is -2.02. The molecule has 0 aromatic carbocycles. The number of ether oxygens (including phenoxy) is 1. The maximum Gasteiger partial charge on any atom is 0.255 e. The molecule has 22 heavy (non-hydrogen) atoms. The molecule has 118 valence electrons. The van der Waals surface area contributed by atoms with E-state index >= 15 is 0 Å². The number of hydrogen-bond acceptors (Lipinski definition) is 5. The van der Waals surface area contributed by atoms with Gasteiger partial charge in [-0.2, -0.15) is 10.2 Å². The van der Waals surface area contributed by atoms with Gasteiger partial charge in [-0.1, -0.05) is 0 Å². The van der Waals surface area contributed by atoms with E-state index < -0.39 is 0 Å². The van der Waals surface area contributed by atoms with Crippen molar-refractivity contribution in [3.63, 3.8) is 0 Å². The van der Waals surface area contributed by atoms with Crippen LogP contribution >= 0.6 is 0 Å². The molecule has 0 N–H and O–H groups in total. The van der Waals surface area contributed by atoms with Gasteiger partial charge in [0.05, 0.1) is 36.6 Å². The van der Waals surface area contributed by atoms with Crippen LogP contribution in [0.4, 0.5) is 0 Å². The fraction of sp³-hybridized carbons (Fsp3) is 0.600. The van der Waals surface area contributed by atoms with Gasteiger partial charge in [0, 0.05) is 26.6 Å². The second-order valence-corrected chi connectivity index (χ2v) is 5.67. The summed E-state index contributed by atoms with van der Waals surface area (Å²) in [5.74, 6) is 0.140. The third-order valence-corrected chi connectivity index (χ3v) is 4.51. The predicted octanol–water partition coefficient (Wildman–Crippen LogP) is 0.328. The Bertz CT molecular complexity index is 551. The number of rotatable bonds is 4. The van der Waals surface area contributed by atoms with Crippen LogP contribution in [0.3, 0.4) is 0 Å². The Morgan fingerprint density at radius 1 is 1.36 bits per heavy atom. The average Bonchev–Trinajstić information content (AvgIpc) is 2.98. The van der Waals surface area contributed by atoms with Crippen LogP contribution in [0.15, 0.2) is 18.5 Å². The monoisotopic (exact) mass is 304 g/mol. The Morgan fingerprint density at radius 3 is 2.95 bits per heavy atom. The molecule has 1 aromatic rings. The van der Waals surface area contributed by atoms with Crippen molar-refractivity contribution in [2.24, 2.45) is 0 Å². The predicted molar refractivity (Wildman–Crippen MR) is 78.1 cm³/mol. The number of fused-ring (bicyclic) bond motifs is 1. The first-order chi connectivity index (χ1) is 10.7. The van der Waals surface area contributed by atoms with Crippen LogP contribution in [0.5, 0.6) is 0 Å². The second kappa shape index (κ2) is 6.39. The molecule has 3 rings (SSSR count). The van der Waals surface area contributed by atoms with E-state index in [0.29, 0.717) is 31.7 Å². The van der Waals surface area contributed by atoms with Crippen LogP contribution in [0, 0.1) is 0 Å². The summed E-state index contributed by atoms with van der Waals surface area (Å²) in [4.78, 5) is 28.5. The van der Waals surface area contributed by atoms with Crippen LogP contribution in [0.2, 0.25) is 0 Å². The first-order valence-electron chi connectivity index (χ1n) is 7.58. The number of hydrogen-bond donors (Lipinski definition) is 0. The Morgan fingerprint density at radius 2 is 2.23 bits per heavy atom. The number of likely N-dealkylation sites (tertiary alicyclic amines) is 2. The van der Waals surface area contributed by atoms with Crippen molar-refractivity contribution < 1.29 is 14.3 Å². The van der Waals surface area contributed by atoms with E-state index in [-0.39, 0.29) is 23.9 Å². The van der Waals surface area contributed by atoms with Crippen LogP contribution in [-0.4, -0.2) is 70.7 Å². The SMILES string of the molecule is COCCN1C(=O)CC[C@@H]2[C@H]1CCN2C(=O)c1ccnnc1. The van der Waals surface area contributed by atoms with Crippen molar-refractivity contribution in [1.29, 1.82) is 0 Å². The molecule has 0 saturated carbocycles. The third-order valence-electron chi connectivity index (χ3n) is 4.51. The van der Waals surface area contributed by atoms with Gasteiger partial charge < -0.3 is 14.5 Å². The van der Waals surface area contributed by atoms with Crippen molar-refractivity contribution in [3.8, 4) is 0 Å². The molecule has 7 nitrogen and oxygen atoms in total. The van der Waals surface area contributed by atoms with Gasteiger partial charge in [-0.15, -0.1) is 0 Å². The summed E-state index contributed by atoms with van der Waals surface area (Å²) < 4.78 is 5.10. The third kappa shape index (κ3) is 2.68. The standard InChI is InChI=1S/C15H20N4O3/c1-22-9-8-18-13-5-7-19(12(13)2-3-14(18)20)15(21)11-4-6-16-17-10-11/h4,6,10,12-13H,2-3,5,7-9H2,1H3/t12-,13-/m1/s1. The Kier molecular flexibility index (Phi) is 4.33. The molecule has 7 heteroatoms. The van der Waals surface area contributed by atoms with Crippen molar-refractivity contribution in [3.05, 3.63) is 24.0 Å². The minimum Gasteiger partial charge on any atom is -0.383 e. The smallest absolute Gasteiger partial charge is 0.255 e. The van der Waals surface area contributed by atoms with Gasteiger partial charge in [0.1, 0.15) is 0 Å². The van der Waals surface area contributed by atoms with Crippen molar-refractivity contribution in [1.82, 2.24) is 20.0 Å². The lowest BCUT2D eigenvalue weighted by atomic mass is 9.96. The number of methoxy groups -OCH3 is 1. The van der Waals surface area contributed by atoms with Gasteiger partial charge in [-0.3, -0.25) is 9.59 Å². The minimum absolute atomic E-state index is 0.0246. The molecular formula is C15H20N4O3. The maximum atomic E-state index is 12.6. The summed E-state index contributed by atoms with van der Waals surface area (Å²) in [6, 6.07) is 1.88. The molecule has 0 bridgehead atoms. The number of carbonyl (C=O) groups is 2. The maximum absolute atomic E-state index is 12.6. The lowest BCUT2D eigenvalue weighted by Crippen LogP contribution is -2.54. The zero-order valence-corrected chi connectivity index (χ0v) is 12.6. The molecule has 2 aliphatic heterocycles. The molecule has 2 saturated heterocycles. The normalized spacial score (nSPS) is 24.5. The van der Waals surface area contributed by atoms with Gasteiger partial charge in [0.25, 0.3) is 5.91 Å². The number of piperidine rings is 1. The van der Waals surface area contributed by atoms with Gasteiger partial charge in [0.2, 0.25) is 5.91 Å². The zero-order valence-electron chi connectivity index (χ0n) is 12.6. The van der Waals surface area contributed by atoms with Crippen LogP contribution in [0.1, 0.15) is 29.6 Å². The summed E-state index contributed by atoms with van der Waals surface area (Å²) in [6.07, 6.45) is 5.06. The fourth-order valence-electron chi connectivity index (χ4n) is 3.46. The van der Waals surface area contributed by atoms with Crippen LogP contribution in [0.25, 0.3) is 0 Å². The summed E-state index contributed by atoms with van der Waals surface area (Å²) in [5.41, 5.74) is 0.552. The summed E-state index contributed by atoms with van der Waals surface area (Å²) >= 11 is 0. The second-order valence-electron chi connectivity index (χ2n) is 5.67. The minimum atomic E-state index is -0.0246. The highest BCUT2D eigenvalue weighted by molar-refractivity contribution is 5.94. The molecule has 2 fully saturated rings. The molecule has 0 spiro atoms. The highest BCUT2D eigenvalue weighted by atomic mass is 16.5. The summed E-state index contributed by atoms with van der Waals surface area (Å²) in [7, 11) is 1.63. The molecule has 2 aliphatic rings. The van der Waals surface area contributed by atoms with Crippen molar-refractivity contribution >= 4 is 11.8 Å². The van der Waals surface area contributed by atoms with E-state index in [4.69, 9.17) is 4.74 Å². The van der Waals surface area contributed by atoms with Gasteiger partial charge in [-0.25, -0.2) is 0 Å². The lowest BCUT2D eigenvalue weighted by Gasteiger charge is -2.39. The van der Waals surface area contributed by atoms with Crippen molar-refractivity contribution in [2.45, 2.75) is 31.3 Å². The number of nitrogens with zero attached hydrogens (tertiary/aromatic N) is 4. The molecule has 0 aliphatic carbocycles. The topological polar surface area (TPSA) is 75.6 Å². The van der Waals surface area contributed by atoms with Gasteiger partial charge >= 0.3 is 0 Å². The molecule has 2 amide bonds. The fourth-order valence-corrected chi connectivity index (χ4v) is 3.46. The van der Waals surface area contributed by atoms with E-state index in [9.17, 15) is 9.59 Å². The van der Waals surface area contributed by atoms with Crippen LogP contribution in [-0.2, 0) is 9.53 Å². The molecule has 2 atom stereocenters. The molecule has 0 radical (unpaired) electrons. The van der Waals surface area contributed by atoms with Gasteiger partial charge in [-0.05, 0) is 18.9 Å². The van der Waals surface area contributed by atoms with Crippen molar-refractivity contribution in [2.75, 3.05) is 26.8 Å². The van der Waals surface area contributed by atoms with E-state index in [1.165, 1.54) is 12.4 Å².